The monoisotopic (exact) mass is 262 g/mol. The summed E-state index contributed by atoms with van der Waals surface area (Å²) in [5.74, 6) is 0.794. The average Bonchev–Trinajstić information content (AvgIpc) is 2.86. The number of hydrogen-bond acceptors (Lipinski definition) is 3. The molecular formula is C15H22N2O2. The lowest BCUT2D eigenvalue weighted by atomic mass is 9.97. The highest BCUT2D eigenvalue weighted by Gasteiger charge is 2.25. The number of nitrogens with two attached hydrogens (primary N) is 2. The van der Waals surface area contributed by atoms with Gasteiger partial charge in [0, 0.05) is 5.56 Å². The predicted molar refractivity (Wildman–Crippen MR) is 74.5 cm³/mol. The summed E-state index contributed by atoms with van der Waals surface area (Å²) in [6, 6.07) is 7.28. The summed E-state index contributed by atoms with van der Waals surface area (Å²) in [5, 5.41) is 0. The van der Waals surface area contributed by atoms with Crippen LogP contribution in [0.2, 0.25) is 0 Å². The molecule has 2 unspecified atom stereocenters. The molecule has 1 saturated carbocycles. The highest BCUT2D eigenvalue weighted by Crippen LogP contribution is 2.31. The molecule has 1 aromatic carbocycles. The minimum atomic E-state index is -0.402. The van der Waals surface area contributed by atoms with Crippen molar-refractivity contribution < 1.29 is 9.53 Å². The van der Waals surface area contributed by atoms with Crippen LogP contribution in [-0.4, -0.2) is 19.1 Å². The van der Waals surface area contributed by atoms with Crippen LogP contribution in [0.3, 0.4) is 0 Å². The standard InChI is InChI=1S/C15H22N2O2/c16-8-13-5-2-6-14(13)10-19-9-11-3-1-4-12(7-11)15(17)18/h1,3-4,7,13-14H,2,5-6,8-10,16H2,(H2,17,18). The Labute approximate surface area is 114 Å². The van der Waals surface area contributed by atoms with Gasteiger partial charge in [-0.3, -0.25) is 4.79 Å². The fourth-order valence-electron chi connectivity index (χ4n) is 2.79. The van der Waals surface area contributed by atoms with E-state index < -0.39 is 5.91 Å². The van der Waals surface area contributed by atoms with Gasteiger partial charge in [-0.05, 0) is 48.9 Å². The van der Waals surface area contributed by atoms with Crippen molar-refractivity contribution in [2.45, 2.75) is 25.9 Å². The van der Waals surface area contributed by atoms with Crippen molar-refractivity contribution in [1.82, 2.24) is 0 Å². The average molecular weight is 262 g/mol. The first-order chi connectivity index (χ1) is 9.20. The third kappa shape index (κ3) is 3.78. The van der Waals surface area contributed by atoms with Gasteiger partial charge >= 0.3 is 0 Å². The van der Waals surface area contributed by atoms with Gasteiger partial charge in [0.15, 0.2) is 0 Å². The number of ether oxygens (including phenoxy) is 1. The van der Waals surface area contributed by atoms with Gasteiger partial charge in [-0.1, -0.05) is 18.6 Å². The molecule has 4 heteroatoms. The first-order valence-electron chi connectivity index (χ1n) is 6.87. The van der Waals surface area contributed by atoms with Gasteiger partial charge in [-0.25, -0.2) is 0 Å². The van der Waals surface area contributed by atoms with E-state index in [-0.39, 0.29) is 0 Å². The molecule has 0 aliphatic heterocycles. The zero-order valence-electron chi connectivity index (χ0n) is 11.2. The maximum atomic E-state index is 11.1. The van der Waals surface area contributed by atoms with Gasteiger partial charge in [0.05, 0.1) is 13.2 Å². The lowest BCUT2D eigenvalue weighted by Gasteiger charge is -2.17. The number of carbonyl (C=O) groups is 1. The molecule has 19 heavy (non-hydrogen) atoms. The summed E-state index contributed by atoms with van der Waals surface area (Å²) in [5.41, 5.74) is 12.5. The third-order valence-electron chi connectivity index (χ3n) is 3.93. The van der Waals surface area contributed by atoms with E-state index in [1.54, 1.807) is 12.1 Å². The number of benzene rings is 1. The van der Waals surface area contributed by atoms with Crippen LogP contribution in [0.15, 0.2) is 24.3 Å². The molecule has 0 radical (unpaired) electrons. The molecule has 0 spiro atoms. The fourth-order valence-corrected chi connectivity index (χ4v) is 2.79. The Kier molecular flexibility index (Phi) is 4.93. The van der Waals surface area contributed by atoms with Gasteiger partial charge in [-0.15, -0.1) is 0 Å². The molecule has 4 N–H and O–H groups in total. The maximum absolute atomic E-state index is 11.1. The van der Waals surface area contributed by atoms with Crippen LogP contribution in [0.25, 0.3) is 0 Å². The van der Waals surface area contributed by atoms with Crippen LogP contribution in [0, 0.1) is 11.8 Å². The summed E-state index contributed by atoms with van der Waals surface area (Å²) >= 11 is 0. The molecule has 2 atom stereocenters. The zero-order chi connectivity index (χ0) is 13.7. The summed E-state index contributed by atoms with van der Waals surface area (Å²) in [4.78, 5) is 11.1. The van der Waals surface area contributed by atoms with Crippen molar-refractivity contribution in [2.24, 2.45) is 23.3 Å². The van der Waals surface area contributed by atoms with Crippen LogP contribution < -0.4 is 11.5 Å². The SMILES string of the molecule is NCC1CCCC1COCc1cccc(C(N)=O)c1. The molecule has 0 saturated heterocycles. The van der Waals surface area contributed by atoms with E-state index >= 15 is 0 Å². The first-order valence-corrected chi connectivity index (χ1v) is 6.87. The van der Waals surface area contributed by atoms with Gasteiger partial charge in [0.2, 0.25) is 5.91 Å². The molecule has 1 fully saturated rings. The summed E-state index contributed by atoms with van der Waals surface area (Å²) in [7, 11) is 0. The minimum Gasteiger partial charge on any atom is -0.376 e. The Hall–Kier alpha value is -1.39. The number of primary amides is 1. The topological polar surface area (TPSA) is 78.3 Å². The number of hydrogen-bond donors (Lipinski definition) is 2. The number of carbonyl (C=O) groups excluding carboxylic acids is 1. The largest absolute Gasteiger partial charge is 0.376 e. The Morgan fingerprint density at radius 1 is 1.32 bits per heavy atom. The van der Waals surface area contributed by atoms with Gasteiger partial charge in [0.1, 0.15) is 0 Å². The second-order valence-electron chi connectivity index (χ2n) is 5.27. The van der Waals surface area contributed by atoms with E-state index in [1.807, 2.05) is 12.1 Å². The Bertz CT molecular complexity index is 434. The molecule has 1 amide bonds. The quantitative estimate of drug-likeness (QED) is 0.818. The lowest BCUT2D eigenvalue weighted by Crippen LogP contribution is -2.22. The molecule has 0 aromatic heterocycles. The van der Waals surface area contributed by atoms with E-state index in [0.717, 1.165) is 18.7 Å². The van der Waals surface area contributed by atoms with E-state index in [2.05, 4.69) is 0 Å². The van der Waals surface area contributed by atoms with Crippen LogP contribution in [0.4, 0.5) is 0 Å². The van der Waals surface area contributed by atoms with Crippen LogP contribution in [0.5, 0.6) is 0 Å². The molecule has 1 aliphatic carbocycles. The highest BCUT2D eigenvalue weighted by molar-refractivity contribution is 5.92. The highest BCUT2D eigenvalue weighted by atomic mass is 16.5. The van der Waals surface area contributed by atoms with E-state index in [1.165, 1.54) is 19.3 Å². The molecule has 1 aliphatic rings. The summed E-state index contributed by atoms with van der Waals surface area (Å²) in [6.07, 6.45) is 3.69. The first kappa shape index (κ1) is 14.0. The Morgan fingerprint density at radius 2 is 2.11 bits per heavy atom. The molecule has 4 nitrogen and oxygen atoms in total. The van der Waals surface area contributed by atoms with Crippen molar-refractivity contribution in [3.05, 3.63) is 35.4 Å². The minimum absolute atomic E-state index is 0.402. The molecule has 2 rings (SSSR count). The van der Waals surface area contributed by atoms with E-state index in [4.69, 9.17) is 16.2 Å². The Balaban J connectivity index is 1.82. The molecule has 0 heterocycles. The van der Waals surface area contributed by atoms with E-state index in [0.29, 0.717) is 24.0 Å². The number of amides is 1. The normalized spacial score (nSPS) is 22.6. The maximum Gasteiger partial charge on any atom is 0.248 e. The van der Waals surface area contributed by atoms with Gasteiger partial charge < -0.3 is 16.2 Å². The number of rotatable bonds is 6. The van der Waals surface area contributed by atoms with Crippen LogP contribution in [-0.2, 0) is 11.3 Å². The molecule has 0 bridgehead atoms. The van der Waals surface area contributed by atoms with E-state index in [9.17, 15) is 4.79 Å². The van der Waals surface area contributed by atoms with Gasteiger partial charge in [-0.2, -0.15) is 0 Å². The summed E-state index contributed by atoms with van der Waals surface area (Å²) in [6.45, 7) is 2.03. The van der Waals surface area contributed by atoms with Crippen molar-refractivity contribution in [2.75, 3.05) is 13.2 Å². The van der Waals surface area contributed by atoms with Crippen molar-refractivity contribution in [3.63, 3.8) is 0 Å². The Morgan fingerprint density at radius 3 is 2.84 bits per heavy atom. The third-order valence-corrected chi connectivity index (χ3v) is 3.93. The second kappa shape index (κ2) is 6.68. The molecule has 104 valence electrons. The predicted octanol–water partition coefficient (Wildman–Crippen LogP) is 1.68. The van der Waals surface area contributed by atoms with Crippen LogP contribution in [0.1, 0.15) is 35.2 Å². The molecular weight excluding hydrogens is 240 g/mol. The fraction of sp³-hybridized carbons (Fsp3) is 0.533. The van der Waals surface area contributed by atoms with Crippen LogP contribution >= 0.6 is 0 Å². The summed E-state index contributed by atoms with van der Waals surface area (Å²) < 4.78 is 5.76. The lowest BCUT2D eigenvalue weighted by molar-refractivity contribution is 0.0753. The van der Waals surface area contributed by atoms with Crippen molar-refractivity contribution >= 4 is 5.91 Å². The zero-order valence-corrected chi connectivity index (χ0v) is 11.2. The van der Waals surface area contributed by atoms with Crippen molar-refractivity contribution in [3.8, 4) is 0 Å². The second-order valence-corrected chi connectivity index (χ2v) is 5.27. The smallest absolute Gasteiger partial charge is 0.248 e. The molecule has 1 aromatic rings. The van der Waals surface area contributed by atoms with Crippen molar-refractivity contribution in [1.29, 1.82) is 0 Å². The van der Waals surface area contributed by atoms with Gasteiger partial charge in [0.25, 0.3) is 0 Å².